The van der Waals surface area contributed by atoms with Gasteiger partial charge in [-0.05, 0) is 50.8 Å². The molecule has 1 saturated carbocycles. The Hall–Kier alpha value is -2.09. The summed E-state index contributed by atoms with van der Waals surface area (Å²) in [6.45, 7) is 5.40. The van der Waals surface area contributed by atoms with E-state index in [1.165, 1.54) is 0 Å². The lowest BCUT2D eigenvalue weighted by atomic mass is 10.1. The zero-order valence-corrected chi connectivity index (χ0v) is 16.7. The van der Waals surface area contributed by atoms with Gasteiger partial charge < -0.3 is 10.1 Å². The van der Waals surface area contributed by atoms with Gasteiger partial charge in [0.2, 0.25) is 11.8 Å². The number of benzene rings is 1. The van der Waals surface area contributed by atoms with Crippen molar-refractivity contribution in [1.29, 1.82) is 0 Å². The summed E-state index contributed by atoms with van der Waals surface area (Å²) < 4.78 is 6.04. The molecule has 3 amide bonds. The molecule has 8 heteroatoms. The Morgan fingerprint density at radius 3 is 2.62 bits per heavy atom. The molecule has 1 fully saturated rings. The highest BCUT2D eigenvalue weighted by Crippen LogP contribution is 2.47. The smallest absolute Gasteiger partial charge is 0.407 e. The molecule has 0 spiro atoms. The zero-order chi connectivity index (χ0) is 19.3. The van der Waals surface area contributed by atoms with Gasteiger partial charge in [-0.1, -0.05) is 28.1 Å². The molecule has 1 aromatic rings. The number of carbonyl (C=O) groups excluding carboxylic acids is 3. The van der Waals surface area contributed by atoms with Crippen molar-refractivity contribution in [2.75, 3.05) is 6.54 Å². The highest BCUT2D eigenvalue weighted by atomic mass is 79.9. The molecule has 0 radical (unpaired) electrons. The third-order valence-electron chi connectivity index (χ3n) is 3.75. The topological polar surface area (TPSA) is 96.5 Å². The van der Waals surface area contributed by atoms with E-state index < -0.39 is 11.7 Å². The van der Waals surface area contributed by atoms with Crippen LogP contribution >= 0.6 is 15.9 Å². The second kappa shape index (κ2) is 8.53. The van der Waals surface area contributed by atoms with E-state index in [2.05, 4.69) is 32.1 Å². The van der Waals surface area contributed by atoms with Gasteiger partial charge in [-0.15, -0.1) is 0 Å². The maximum atomic E-state index is 12.1. The number of ether oxygens (including phenoxy) is 1. The van der Waals surface area contributed by atoms with Crippen LogP contribution in [0.25, 0.3) is 0 Å². The maximum absolute atomic E-state index is 12.1. The Balaban J connectivity index is 1.64. The average Bonchev–Trinajstić information content (AvgIpc) is 3.31. The first-order valence-electron chi connectivity index (χ1n) is 8.47. The molecule has 2 rings (SSSR count). The molecular weight excluding hydrogens is 402 g/mol. The number of nitrogens with one attached hydrogen (secondary N) is 3. The van der Waals surface area contributed by atoms with Crippen LogP contribution in [0.2, 0.25) is 0 Å². The SMILES string of the molecule is CC(C)(C)OC(=O)NCCC(=O)NNC(=O)[C@@H]1C[C@@H]1c1cccc(Br)c1. The van der Waals surface area contributed by atoms with Gasteiger partial charge in [0.25, 0.3) is 0 Å². The van der Waals surface area contributed by atoms with Crippen LogP contribution in [0.3, 0.4) is 0 Å². The molecule has 0 bridgehead atoms. The lowest BCUT2D eigenvalue weighted by molar-refractivity contribution is -0.129. The fourth-order valence-corrected chi connectivity index (χ4v) is 2.89. The quantitative estimate of drug-likeness (QED) is 0.631. The number of alkyl carbamates (subject to hydrolysis) is 1. The Morgan fingerprint density at radius 1 is 1.23 bits per heavy atom. The van der Waals surface area contributed by atoms with Crippen LogP contribution in [0.4, 0.5) is 4.79 Å². The molecule has 2 atom stereocenters. The van der Waals surface area contributed by atoms with Crippen LogP contribution in [0.1, 0.15) is 45.1 Å². The predicted octanol–water partition coefficient (Wildman–Crippen LogP) is 2.61. The lowest BCUT2D eigenvalue weighted by Crippen LogP contribution is -2.44. The molecule has 1 aliphatic rings. The summed E-state index contributed by atoms with van der Waals surface area (Å²) in [4.78, 5) is 35.3. The van der Waals surface area contributed by atoms with Crippen LogP contribution in [-0.4, -0.2) is 30.1 Å². The molecule has 0 aliphatic heterocycles. The standard InChI is InChI=1S/C18H24BrN3O4/c1-18(2,3)26-17(25)20-8-7-15(23)21-22-16(24)14-10-13(14)11-5-4-6-12(19)9-11/h4-6,9,13-14H,7-8,10H2,1-3H3,(H,20,25)(H,21,23)(H,22,24)/t13-,14-/m1/s1. The number of amides is 3. The van der Waals surface area contributed by atoms with Crippen molar-refractivity contribution in [1.82, 2.24) is 16.2 Å². The Bertz CT molecular complexity index is 687. The van der Waals surface area contributed by atoms with Crippen molar-refractivity contribution >= 4 is 33.8 Å². The summed E-state index contributed by atoms with van der Waals surface area (Å²) in [6, 6.07) is 7.86. The minimum atomic E-state index is -0.588. The van der Waals surface area contributed by atoms with Gasteiger partial charge in [0.05, 0.1) is 0 Å². The van der Waals surface area contributed by atoms with Crippen molar-refractivity contribution in [3.05, 3.63) is 34.3 Å². The first-order valence-corrected chi connectivity index (χ1v) is 9.26. The van der Waals surface area contributed by atoms with Gasteiger partial charge in [-0.2, -0.15) is 0 Å². The van der Waals surface area contributed by atoms with Gasteiger partial charge in [0.15, 0.2) is 0 Å². The molecule has 0 heterocycles. The van der Waals surface area contributed by atoms with Crippen LogP contribution in [-0.2, 0) is 14.3 Å². The normalized spacial score (nSPS) is 18.6. The van der Waals surface area contributed by atoms with E-state index in [0.717, 1.165) is 16.5 Å². The summed E-state index contributed by atoms with van der Waals surface area (Å²) in [6.07, 6.45) is 0.224. The number of carbonyl (C=O) groups is 3. The monoisotopic (exact) mass is 425 g/mol. The molecule has 3 N–H and O–H groups in total. The van der Waals surface area contributed by atoms with Gasteiger partial charge in [-0.3, -0.25) is 20.4 Å². The second-order valence-corrected chi connectivity index (χ2v) is 8.14. The summed E-state index contributed by atoms with van der Waals surface area (Å²) in [5.74, 6) is -0.541. The lowest BCUT2D eigenvalue weighted by Gasteiger charge is -2.19. The Labute approximate surface area is 161 Å². The zero-order valence-electron chi connectivity index (χ0n) is 15.1. The third kappa shape index (κ3) is 6.67. The summed E-state index contributed by atoms with van der Waals surface area (Å²) >= 11 is 3.42. The van der Waals surface area contributed by atoms with Gasteiger partial charge >= 0.3 is 6.09 Å². The van der Waals surface area contributed by atoms with Crippen molar-refractivity contribution in [2.45, 2.75) is 45.1 Å². The highest BCUT2D eigenvalue weighted by molar-refractivity contribution is 9.10. The van der Waals surface area contributed by atoms with E-state index in [-0.39, 0.29) is 36.6 Å². The van der Waals surface area contributed by atoms with Crippen LogP contribution in [0, 0.1) is 5.92 Å². The van der Waals surface area contributed by atoms with Crippen LogP contribution in [0.15, 0.2) is 28.7 Å². The summed E-state index contributed by atoms with van der Waals surface area (Å²) in [5, 5.41) is 2.49. The van der Waals surface area contributed by atoms with E-state index in [1.54, 1.807) is 20.8 Å². The third-order valence-corrected chi connectivity index (χ3v) is 4.24. The minimum absolute atomic E-state index is 0.0409. The maximum Gasteiger partial charge on any atom is 0.407 e. The first-order chi connectivity index (χ1) is 12.2. The molecular formula is C18H24BrN3O4. The molecule has 1 aliphatic carbocycles. The predicted molar refractivity (Wildman–Crippen MR) is 100 cm³/mol. The van der Waals surface area contributed by atoms with Gasteiger partial charge in [-0.25, -0.2) is 4.79 Å². The minimum Gasteiger partial charge on any atom is -0.444 e. The van der Waals surface area contributed by atoms with Crippen molar-refractivity contribution < 1.29 is 19.1 Å². The van der Waals surface area contributed by atoms with E-state index in [4.69, 9.17) is 4.74 Å². The number of rotatable bonds is 5. The summed E-state index contributed by atoms with van der Waals surface area (Å²) in [7, 11) is 0. The fourth-order valence-electron chi connectivity index (χ4n) is 2.47. The molecule has 0 aromatic heterocycles. The molecule has 0 saturated heterocycles. The molecule has 7 nitrogen and oxygen atoms in total. The van der Waals surface area contributed by atoms with E-state index in [1.807, 2.05) is 24.3 Å². The summed E-state index contributed by atoms with van der Waals surface area (Å²) in [5.41, 5.74) is 5.33. The van der Waals surface area contributed by atoms with Crippen molar-refractivity contribution in [3.8, 4) is 0 Å². The second-order valence-electron chi connectivity index (χ2n) is 7.22. The number of hydrogen-bond donors (Lipinski definition) is 3. The van der Waals surface area contributed by atoms with Crippen LogP contribution < -0.4 is 16.2 Å². The van der Waals surface area contributed by atoms with Gasteiger partial charge in [0.1, 0.15) is 5.60 Å². The molecule has 0 unspecified atom stereocenters. The van der Waals surface area contributed by atoms with Crippen LogP contribution in [0.5, 0.6) is 0 Å². The van der Waals surface area contributed by atoms with E-state index in [0.29, 0.717) is 0 Å². The van der Waals surface area contributed by atoms with E-state index >= 15 is 0 Å². The van der Waals surface area contributed by atoms with Gasteiger partial charge in [0, 0.05) is 23.4 Å². The average molecular weight is 426 g/mol. The van der Waals surface area contributed by atoms with Crippen molar-refractivity contribution in [3.63, 3.8) is 0 Å². The molecule has 1 aromatic carbocycles. The van der Waals surface area contributed by atoms with Crippen molar-refractivity contribution in [2.24, 2.45) is 5.92 Å². The fraction of sp³-hybridized carbons (Fsp3) is 0.500. The number of hydrogen-bond acceptors (Lipinski definition) is 4. The highest BCUT2D eigenvalue weighted by Gasteiger charge is 2.44. The largest absolute Gasteiger partial charge is 0.444 e. The molecule has 142 valence electrons. The Kier molecular flexibility index (Phi) is 6.63. The molecule has 26 heavy (non-hydrogen) atoms. The number of halogens is 1. The Morgan fingerprint density at radius 2 is 1.96 bits per heavy atom. The first kappa shape index (κ1) is 20.2. The number of hydrazine groups is 1. The van der Waals surface area contributed by atoms with E-state index in [9.17, 15) is 14.4 Å².